The summed E-state index contributed by atoms with van der Waals surface area (Å²) in [6.45, 7) is 7.45. The molecular formula is C29H37NO10S2. The second kappa shape index (κ2) is 16.3. The summed E-state index contributed by atoms with van der Waals surface area (Å²) < 4.78 is 33.2. The molecule has 11 nitrogen and oxygen atoms in total. The van der Waals surface area contributed by atoms with E-state index in [1.165, 1.54) is 17.7 Å². The van der Waals surface area contributed by atoms with Gasteiger partial charge in [0.05, 0.1) is 6.42 Å². The number of carbonyl (C=O) groups is 3. The summed E-state index contributed by atoms with van der Waals surface area (Å²) in [5, 5.41) is 9.66. The molecule has 0 bridgehead atoms. The molecule has 0 saturated carbocycles. The van der Waals surface area contributed by atoms with Gasteiger partial charge in [-0.15, -0.1) is 10.1 Å². The zero-order valence-electron chi connectivity index (χ0n) is 24.4. The van der Waals surface area contributed by atoms with Crippen LogP contribution < -0.4 is 4.74 Å². The van der Waals surface area contributed by atoms with Crippen molar-refractivity contribution in [3.05, 3.63) is 74.8 Å². The average Bonchev–Trinajstić information content (AvgIpc) is 2.90. The molecule has 42 heavy (non-hydrogen) atoms. The van der Waals surface area contributed by atoms with Crippen LogP contribution >= 0.6 is 10.8 Å². The van der Waals surface area contributed by atoms with Gasteiger partial charge >= 0.3 is 11.9 Å². The molecular weight excluding hydrogens is 586 g/mol. The van der Waals surface area contributed by atoms with Crippen LogP contribution in [0.5, 0.6) is 5.75 Å². The lowest BCUT2D eigenvalue weighted by atomic mass is 9.91. The van der Waals surface area contributed by atoms with Crippen molar-refractivity contribution in [1.82, 2.24) is 0 Å². The maximum atomic E-state index is 13.1. The molecule has 0 aliphatic heterocycles. The van der Waals surface area contributed by atoms with E-state index in [0.717, 1.165) is 18.2 Å². The third-order valence-electron chi connectivity index (χ3n) is 6.17. The fourth-order valence-electron chi connectivity index (χ4n) is 4.02. The number of nitrogens with zero attached hydrogens (tertiary/aromatic N) is 1. The smallest absolute Gasteiger partial charge is 0.341 e. The number of carbonyl (C=O) groups excluding carboxylic acids is 3. The summed E-state index contributed by atoms with van der Waals surface area (Å²) in [5.41, 5.74) is 2.38. The van der Waals surface area contributed by atoms with Gasteiger partial charge in [0, 0.05) is 24.3 Å². The quantitative estimate of drug-likeness (QED) is 0.0588. The van der Waals surface area contributed by atoms with E-state index in [0.29, 0.717) is 22.3 Å². The van der Waals surface area contributed by atoms with E-state index >= 15 is 0 Å². The monoisotopic (exact) mass is 623 g/mol. The third-order valence-corrected chi connectivity index (χ3v) is 8.72. The summed E-state index contributed by atoms with van der Waals surface area (Å²) in [4.78, 5) is 53.7. The topological polar surface area (TPSA) is 156 Å². The van der Waals surface area contributed by atoms with Crippen LogP contribution in [0, 0.1) is 16.0 Å². The molecule has 0 amide bonds. The van der Waals surface area contributed by atoms with E-state index in [1.54, 1.807) is 13.0 Å². The first-order valence-corrected chi connectivity index (χ1v) is 16.9. The highest BCUT2D eigenvalue weighted by atomic mass is 33.1. The SMILES string of the molecule is CCC(CC(=O)Oc1ccc(CC(=O)C(C)c2ccc(CC(C)C)cc2)cc1C(=O)OCCSS(C)(=O)=O)O[N+](=O)[O-]. The molecule has 2 aromatic carbocycles. The van der Waals surface area contributed by atoms with Gasteiger partial charge in [0.25, 0.3) is 5.09 Å². The predicted octanol–water partition coefficient (Wildman–Crippen LogP) is 4.93. The van der Waals surface area contributed by atoms with Crippen molar-refractivity contribution in [2.45, 2.75) is 65.4 Å². The van der Waals surface area contributed by atoms with E-state index in [9.17, 15) is 32.9 Å². The van der Waals surface area contributed by atoms with Gasteiger partial charge in [0.1, 0.15) is 29.8 Å². The van der Waals surface area contributed by atoms with Crippen LogP contribution in [0.1, 0.15) is 73.5 Å². The van der Waals surface area contributed by atoms with E-state index in [1.807, 2.05) is 31.2 Å². The molecule has 0 radical (unpaired) electrons. The number of ether oxygens (including phenoxy) is 2. The van der Waals surface area contributed by atoms with Gasteiger partial charge in [-0.2, -0.15) is 0 Å². The molecule has 0 aliphatic rings. The van der Waals surface area contributed by atoms with E-state index < -0.39 is 44.3 Å². The molecule has 0 heterocycles. The Bertz CT molecular complexity index is 1360. The molecule has 230 valence electrons. The number of hydrogen-bond acceptors (Lipinski definition) is 11. The zero-order chi connectivity index (χ0) is 31.4. The molecule has 2 unspecified atom stereocenters. The summed E-state index contributed by atoms with van der Waals surface area (Å²) >= 11 is 0. The Morgan fingerprint density at radius 1 is 1.02 bits per heavy atom. The van der Waals surface area contributed by atoms with Crippen molar-refractivity contribution in [3.8, 4) is 5.75 Å². The van der Waals surface area contributed by atoms with Gasteiger partial charge in [0.2, 0.25) is 0 Å². The summed E-state index contributed by atoms with van der Waals surface area (Å²) in [6.07, 6.45) is 0.654. The van der Waals surface area contributed by atoms with Crippen LogP contribution in [-0.4, -0.2) is 55.9 Å². The van der Waals surface area contributed by atoms with Crippen molar-refractivity contribution < 1.29 is 42.2 Å². The zero-order valence-corrected chi connectivity index (χ0v) is 26.0. The maximum Gasteiger partial charge on any atom is 0.341 e. The molecule has 2 aromatic rings. The number of benzene rings is 2. The van der Waals surface area contributed by atoms with Crippen molar-refractivity contribution in [3.63, 3.8) is 0 Å². The maximum absolute atomic E-state index is 13.1. The number of rotatable bonds is 17. The summed E-state index contributed by atoms with van der Waals surface area (Å²) in [6, 6.07) is 12.2. The Hall–Kier alpha value is -3.45. The fourth-order valence-corrected chi connectivity index (χ4v) is 5.58. The van der Waals surface area contributed by atoms with Gasteiger partial charge in [-0.3, -0.25) is 9.59 Å². The number of Topliss-reactive ketones (excluding diaryl/α,β-unsaturated/α-hetero) is 1. The molecule has 0 spiro atoms. The highest BCUT2D eigenvalue weighted by Crippen LogP contribution is 2.26. The lowest BCUT2D eigenvalue weighted by Gasteiger charge is -2.15. The molecule has 0 saturated heterocycles. The average molecular weight is 624 g/mol. The van der Waals surface area contributed by atoms with Gasteiger partial charge in [-0.1, -0.05) is 58.0 Å². The van der Waals surface area contributed by atoms with Crippen LogP contribution in [0.25, 0.3) is 0 Å². The molecule has 0 fully saturated rings. The van der Waals surface area contributed by atoms with Crippen LogP contribution in [0.2, 0.25) is 0 Å². The van der Waals surface area contributed by atoms with Gasteiger partial charge in [-0.25, -0.2) is 13.2 Å². The summed E-state index contributed by atoms with van der Waals surface area (Å²) in [7, 11) is -2.72. The van der Waals surface area contributed by atoms with E-state index in [2.05, 4.69) is 18.7 Å². The van der Waals surface area contributed by atoms with Crippen molar-refractivity contribution >= 4 is 37.4 Å². The second-order valence-corrected chi connectivity index (χ2v) is 14.8. The van der Waals surface area contributed by atoms with Crippen LogP contribution in [0.3, 0.4) is 0 Å². The fraction of sp³-hybridized carbons (Fsp3) is 0.483. The van der Waals surface area contributed by atoms with Crippen LogP contribution in [-0.2, 0) is 40.9 Å². The Morgan fingerprint density at radius 2 is 1.67 bits per heavy atom. The lowest BCUT2D eigenvalue weighted by molar-refractivity contribution is -0.768. The van der Waals surface area contributed by atoms with Crippen molar-refractivity contribution in [1.29, 1.82) is 0 Å². The Balaban J connectivity index is 2.22. The molecule has 0 aliphatic carbocycles. The Morgan fingerprint density at radius 3 is 2.24 bits per heavy atom. The number of ketones is 1. The minimum Gasteiger partial charge on any atom is -0.461 e. The third kappa shape index (κ3) is 12.2. The normalized spacial score (nSPS) is 12.8. The predicted molar refractivity (Wildman–Crippen MR) is 159 cm³/mol. The van der Waals surface area contributed by atoms with Gasteiger partial charge in [0.15, 0.2) is 8.87 Å². The molecule has 13 heteroatoms. The second-order valence-electron chi connectivity index (χ2n) is 10.2. The minimum atomic E-state index is -3.33. The largest absolute Gasteiger partial charge is 0.461 e. The minimum absolute atomic E-state index is 0.0120. The number of hydrogen-bond donors (Lipinski definition) is 0. The number of esters is 2. The lowest BCUT2D eigenvalue weighted by Crippen LogP contribution is -2.23. The highest BCUT2D eigenvalue weighted by molar-refractivity contribution is 8.71. The first-order chi connectivity index (χ1) is 19.7. The first-order valence-electron chi connectivity index (χ1n) is 13.5. The highest BCUT2D eigenvalue weighted by Gasteiger charge is 2.23. The standard InChI is InChI=1S/C29H37NO10S2/c1-6-24(40-30(34)35)18-28(32)39-27-12-9-22(16-25(27)29(33)38-13-14-41-42(5,36)37)17-26(31)20(4)23-10-7-21(8-11-23)15-19(2)3/h7-12,16,19-20,24H,6,13-15,17-18H2,1-5H3. The van der Waals surface area contributed by atoms with Crippen molar-refractivity contribution in [2.75, 3.05) is 18.6 Å². The van der Waals surface area contributed by atoms with Crippen LogP contribution in [0.4, 0.5) is 0 Å². The van der Waals surface area contributed by atoms with Crippen LogP contribution in [0.15, 0.2) is 42.5 Å². The Labute approximate surface area is 249 Å². The molecule has 2 atom stereocenters. The van der Waals surface area contributed by atoms with Gasteiger partial charge in [-0.05, 0) is 58.4 Å². The molecule has 0 aromatic heterocycles. The van der Waals surface area contributed by atoms with E-state index in [4.69, 9.17) is 9.47 Å². The molecule has 2 rings (SSSR count). The van der Waals surface area contributed by atoms with Crippen molar-refractivity contribution in [2.24, 2.45) is 5.92 Å². The Kier molecular flexibility index (Phi) is 13.4. The first kappa shape index (κ1) is 34.7. The molecule has 0 N–H and O–H groups in total. The summed E-state index contributed by atoms with van der Waals surface area (Å²) in [5.74, 6) is -1.93. The van der Waals surface area contributed by atoms with E-state index in [-0.39, 0.29) is 42.3 Å². The van der Waals surface area contributed by atoms with Gasteiger partial charge < -0.3 is 14.3 Å².